The maximum atomic E-state index is 11.2. The lowest BCUT2D eigenvalue weighted by molar-refractivity contribution is -0.130. The van der Waals surface area contributed by atoms with E-state index in [-0.39, 0.29) is 11.6 Å². The number of carboxylic acid groups (broad SMARTS) is 1. The van der Waals surface area contributed by atoms with Crippen molar-refractivity contribution in [3.8, 4) is 0 Å². The number of halogens is 2. The van der Waals surface area contributed by atoms with Crippen LogP contribution < -0.4 is 0 Å². The van der Waals surface area contributed by atoms with Crippen LogP contribution in [0.2, 0.25) is 5.02 Å². The number of hydrogen-bond acceptors (Lipinski definition) is 2. The smallest absolute Gasteiger partial charge is 0.337 e. The van der Waals surface area contributed by atoms with Gasteiger partial charge in [-0.3, -0.25) is 0 Å². The summed E-state index contributed by atoms with van der Waals surface area (Å²) in [5, 5.41) is 9.79. The lowest BCUT2D eigenvalue weighted by Crippen LogP contribution is -2.15. The van der Waals surface area contributed by atoms with Gasteiger partial charge in [0.1, 0.15) is 0 Å². The van der Waals surface area contributed by atoms with Gasteiger partial charge >= 0.3 is 5.97 Å². The molecule has 0 saturated heterocycles. The molecule has 0 spiro atoms. The lowest BCUT2D eigenvalue weighted by atomic mass is 10.1. The summed E-state index contributed by atoms with van der Waals surface area (Å²) >= 11 is 7.85. The Balaban J connectivity index is 3.10. The van der Waals surface area contributed by atoms with E-state index in [1.807, 2.05) is 17.0 Å². The zero-order valence-electron chi connectivity index (χ0n) is 9.52. The molecule has 0 atom stereocenters. The SMILES string of the molecule is CC(C)N(I)/C=C(/C(=O)O)c1ccc(Cl)cc1. The molecule has 0 aliphatic heterocycles. The summed E-state index contributed by atoms with van der Waals surface area (Å²) < 4.78 is 1.83. The van der Waals surface area contributed by atoms with Gasteiger partial charge in [-0.1, -0.05) is 23.7 Å². The van der Waals surface area contributed by atoms with E-state index < -0.39 is 5.97 Å². The van der Waals surface area contributed by atoms with Crippen molar-refractivity contribution in [1.29, 1.82) is 0 Å². The first-order valence-electron chi connectivity index (χ1n) is 5.07. The maximum absolute atomic E-state index is 11.2. The summed E-state index contributed by atoms with van der Waals surface area (Å²) in [5.74, 6) is -0.949. The number of hydrogen-bond donors (Lipinski definition) is 1. The fraction of sp³-hybridized carbons (Fsp3) is 0.250. The molecule has 1 N–H and O–H groups in total. The van der Waals surface area contributed by atoms with Crippen LogP contribution in [0.5, 0.6) is 0 Å². The average Bonchev–Trinajstić information content (AvgIpc) is 2.26. The van der Waals surface area contributed by atoms with E-state index in [1.165, 1.54) is 0 Å². The molecule has 3 nitrogen and oxygen atoms in total. The van der Waals surface area contributed by atoms with Crippen molar-refractivity contribution in [2.45, 2.75) is 19.9 Å². The van der Waals surface area contributed by atoms with E-state index in [9.17, 15) is 9.90 Å². The molecule has 0 heterocycles. The van der Waals surface area contributed by atoms with Gasteiger partial charge in [0, 0.05) is 17.3 Å². The summed E-state index contributed by atoms with van der Waals surface area (Å²) in [4.78, 5) is 11.2. The predicted molar refractivity (Wildman–Crippen MR) is 78.1 cm³/mol. The Morgan fingerprint density at radius 2 is 1.94 bits per heavy atom. The first-order chi connectivity index (χ1) is 7.91. The van der Waals surface area contributed by atoms with Gasteiger partial charge in [0.25, 0.3) is 0 Å². The number of carbonyl (C=O) groups is 1. The van der Waals surface area contributed by atoms with Crippen molar-refractivity contribution in [1.82, 2.24) is 3.11 Å². The van der Waals surface area contributed by atoms with Crippen molar-refractivity contribution in [3.05, 3.63) is 41.1 Å². The Hall–Kier alpha value is -0.750. The largest absolute Gasteiger partial charge is 0.478 e. The molecule has 0 amide bonds. The molecule has 92 valence electrons. The molecule has 0 aromatic heterocycles. The summed E-state index contributed by atoms with van der Waals surface area (Å²) in [6.45, 7) is 3.98. The second kappa shape index (κ2) is 6.26. The molecule has 0 aliphatic rings. The van der Waals surface area contributed by atoms with Gasteiger partial charge in [0.05, 0.1) is 28.4 Å². The zero-order chi connectivity index (χ0) is 13.0. The van der Waals surface area contributed by atoms with Crippen molar-refractivity contribution in [2.24, 2.45) is 0 Å². The Labute approximate surface area is 120 Å². The third-order valence-electron chi connectivity index (χ3n) is 2.13. The molecule has 17 heavy (non-hydrogen) atoms. The number of nitrogens with zero attached hydrogens (tertiary/aromatic N) is 1. The van der Waals surface area contributed by atoms with Crippen LogP contribution in [-0.2, 0) is 4.79 Å². The van der Waals surface area contributed by atoms with Gasteiger partial charge < -0.3 is 8.22 Å². The molecule has 0 saturated carbocycles. The second-order valence-corrected chi connectivity index (χ2v) is 5.34. The molecule has 0 fully saturated rings. The first-order valence-corrected chi connectivity index (χ1v) is 6.41. The van der Waals surface area contributed by atoms with Crippen LogP contribution in [-0.4, -0.2) is 20.2 Å². The molecule has 1 aromatic rings. The van der Waals surface area contributed by atoms with E-state index in [1.54, 1.807) is 30.5 Å². The quantitative estimate of drug-likeness (QED) is 0.501. The number of aliphatic carboxylic acids is 1. The van der Waals surface area contributed by atoms with Gasteiger partial charge in [-0.2, -0.15) is 0 Å². The molecular weight excluding hydrogens is 352 g/mol. The standard InChI is InChI=1S/C12H13ClINO2/c1-8(2)15(14)7-11(12(16)17)9-3-5-10(13)6-4-9/h3-8H,1-2H3,(H,16,17)/b11-7+. The number of benzene rings is 1. The highest BCUT2D eigenvalue weighted by molar-refractivity contribution is 14.1. The molecule has 0 radical (unpaired) electrons. The summed E-state index contributed by atoms with van der Waals surface area (Å²) in [6.07, 6.45) is 1.62. The molecular formula is C12H13ClINO2. The minimum absolute atomic E-state index is 0.234. The fourth-order valence-corrected chi connectivity index (χ4v) is 1.56. The van der Waals surface area contributed by atoms with Crippen LogP contribution in [0.25, 0.3) is 5.57 Å². The van der Waals surface area contributed by atoms with Crippen LogP contribution in [0.1, 0.15) is 19.4 Å². The molecule has 1 aromatic carbocycles. The van der Waals surface area contributed by atoms with E-state index in [0.717, 1.165) is 0 Å². The van der Waals surface area contributed by atoms with Crippen molar-refractivity contribution >= 4 is 46.0 Å². The van der Waals surface area contributed by atoms with Crippen LogP contribution >= 0.6 is 34.5 Å². The van der Waals surface area contributed by atoms with Gasteiger partial charge in [-0.05, 0) is 31.5 Å². The summed E-state index contributed by atoms with van der Waals surface area (Å²) in [5.41, 5.74) is 0.897. The molecule has 5 heteroatoms. The zero-order valence-corrected chi connectivity index (χ0v) is 12.4. The Bertz CT molecular complexity index is 429. The Kier molecular flexibility index (Phi) is 5.27. The minimum atomic E-state index is -0.949. The predicted octanol–water partition coefficient (Wildman–Crippen LogP) is 3.83. The monoisotopic (exact) mass is 365 g/mol. The summed E-state index contributed by atoms with van der Waals surface area (Å²) in [7, 11) is 0. The molecule has 0 bridgehead atoms. The number of carboxylic acids is 1. The van der Waals surface area contributed by atoms with E-state index in [4.69, 9.17) is 11.6 Å². The Morgan fingerprint density at radius 3 is 2.35 bits per heavy atom. The van der Waals surface area contributed by atoms with Crippen LogP contribution in [0, 0.1) is 0 Å². The molecule has 0 aliphatic carbocycles. The van der Waals surface area contributed by atoms with Gasteiger partial charge in [-0.15, -0.1) is 0 Å². The van der Waals surface area contributed by atoms with Crippen molar-refractivity contribution in [3.63, 3.8) is 0 Å². The highest BCUT2D eigenvalue weighted by Crippen LogP contribution is 2.20. The maximum Gasteiger partial charge on any atom is 0.337 e. The van der Waals surface area contributed by atoms with Crippen LogP contribution in [0.15, 0.2) is 30.5 Å². The fourth-order valence-electron chi connectivity index (χ4n) is 1.16. The Morgan fingerprint density at radius 1 is 1.41 bits per heavy atom. The third-order valence-corrected chi connectivity index (χ3v) is 3.78. The van der Waals surface area contributed by atoms with Gasteiger partial charge in [-0.25, -0.2) is 4.79 Å². The van der Waals surface area contributed by atoms with Gasteiger partial charge in [0.15, 0.2) is 0 Å². The van der Waals surface area contributed by atoms with E-state index in [0.29, 0.717) is 10.6 Å². The minimum Gasteiger partial charge on any atom is -0.478 e. The van der Waals surface area contributed by atoms with Crippen LogP contribution in [0.4, 0.5) is 0 Å². The van der Waals surface area contributed by atoms with Gasteiger partial charge in [0.2, 0.25) is 0 Å². The summed E-state index contributed by atoms with van der Waals surface area (Å²) in [6, 6.07) is 7.00. The lowest BCUT2D eigenvalue weighted by Gasteiger charge is -2.17. The van der Waals surface area contributed by atoms with E-state index >= 15 is 0 Å². The van der Waals surface area contributed by atoms with Crippen LogP contribution in [0.3, 0.4) is 0 Å². The van der Waals surface area contributed by atoms with Crippen molar-refractivity contribution in [2.75, 3.05) is 0 Å². The topological polar surface area (TPSA) is 40.5 Å². The average molecular weight is 366 g/mol. The second-order valence-electron chi connectivity index (χ2n) is 3.79. The highest BCUT2D eigenvalue weighted by atomic mass is 127. The third kappa shape index (κ3) is 4.20. The van der Waals surface area contributed by atoms with E-state index in [2.05, 4.69) is 22.9 Å². The van der Waals surface area contributed by atoms with Crippen molar-refractivity contribution < 1.29 is 9.90 Å². The highest BCUT2D eigenvalue weighted by Gasteiger charge is 2.12. The molecule has 1 rings (SSSR count). The molecule has 0 unspecified atom stereocenters. The number of rotatable bonds is 4. The normalized spacial score (nSPS) is 11.7. The first kappa shape index (κ1) is 14.3.